The van der Waals surface area contributed by atoms with Crippen LogP contribution in [0.4, 0.5) is 23.7 Å². The van der Waals surface area contributed by atoms with Gasteiger partial charge in [-0.2, -0.15) is 13.2 Å². The number of urea groups is 1. The molecule has 0 spiro atoms. The van der Waals surface area contributed by atoms with E-state index in [0.717, 1.165) is 0 Å². The zero-order chi connectivity index (χ0) is 13.9. The fourth-order valence-corrected chi connectivity index (χ4v) is 1.52. The second-order valence-electron chi connectivity index (χ2n) is 3.50. The third-order valence-corrected chi connectivity index (χ3v) is 2.67. The van der Waals surface area contributed by atoms with Crippen molar-refractivity contribution in [2.75, 3.05) is 11.9 Å². The molecule has 3 nitrogen and oxygen atoms in total. The van der Waals surface area contributed by atoms with Crippen molar-refractivity contribution in [2.45, 2.75) is 13.1 Å². The summed E-state index contributed by atoms with van der Waals surface area (Å²) >= 11 is 11.6. The van der Waals surface area contributed by atoms with Crippen LogP contribution in [-0.4, -0.2) is 18.8 Å². The van der Waals surface area contributed by atoms with E-state index in [1.165, 1.54) is 12.1 Å². The highest BCUT2D eigenvalue weighted by Gasteiger charge is 2.27. The van der Waals surface area contributed by atoms with Crippen LogP contribution in [0.1, 0.15) is 5.56 Å². The molecule has 0 aliphatic heterocycles. The fourth-order valence-electron chi connectivity index (χ4n) is 1.09. The van der Waals surface area contributed by atoms with Crippen molar-refractivity contribution in [3.63, 3.8) is 0 Å². The quantitative estimate of drug-likeness (QED) is 0.852. The molecule has 0 aliphatic rings. The summed E-state index contributed by atoms with van der Waals surface area (Å²) in [6.45, 7) is 0.289. The molecule has 100 valence electrons. The second-order valence-corrected chi connectivity index (χ2v) is 4.32. The van der Waals surface area contributed by atoms with Gasteiger partial charge < -0.3 is 10.6 Å². The molecule has 2 amide bonds. The predicted octanol–water partition coefficient (Wildman–Crippen LogP) is 3.99. The van der Waals surface area contributed by atoms with E-state index in [0.29, 0.717) is 10.6 Å². The van der Waals surface area contributed by atoms with Crippen molar-refractivity contribution in [1.82, 2.24) is 5.32 Å². The molecule has 0 aliphatic carbocycles. The van der Waals surface area contributed by atoms with Crippen molar-refractivity contribution >= 4 is 34.9 Å². The summed E-state index contributed by atoms with van der Waals surface area (Å²) in [5.41, 5.74) is 0.842. The molecule has 1 rings (SSSR count). The molecule has 0 atom stereocenters. The maximum atomic E-state index is 11.9. The number of hydrogen-bond acceptors (Lipinski definition) is 1. The Kier molecular flexibility index (Phi) is 4.70. The molecule has 0 bridgehead atoms. The van der Waals surface area contributed by atoms with Crippen LogP contribution < -0.4 is 10.6 Å². The Morgan fingerprint density at radius 2 is 1.89 bits per heavy atom. The highest BCUT2D eigenvalue weighted by atomic mass is 35.5. The molecular weight excluding hydrogens is 292 g/mol. The van der Waals surface area contributed by atoms with E-state index in [9.17, 15) is 18.0 Å². The van der Waals surface area contributed by atoms with Gasteiger partial charge in [0, 0.05) is 5.02 Å². The van der Waals surface area contributed by atoms with Crippen molar-refractivity contribution in [2.24, 2.45) is 0 Å². The fraction of sp³-hybridized carbons (Fsp3) is 0.300. The lowest BCUT2D eigenvalue weighted by molar-refractivity contribution is -0.122. The molecule has 0 aromatic heterocycles. The first kappa shape index (κ1) is 14.9. The van der Waals surface area contributed by atoms with Gasteiger partial charge in [0.15, 0.2) is 0 Å². The molecule has 1 aromatic rings. The third kappa shape index (κ3) is 4.62. The van der Waals surface area contributed by atoms with Crippen LogP contribution in [0.5, 0.6) is 0 Å². The topological polar surface area (TPSA) is 41.1 Å². The molecule has 0 fully saturated rings. The van der Waals surface area contributed by atoms with E-state index in [2.05, 4.69) is 5.32 Å². The summed E-state index contributed by atoms with van der Waals surface area (Å²) in [6.07, 6.45) is -4.47. The van der Waals surface area contributed by atoms with Crippen LogP contribution in [0, 0.1) is 6.92 Å². The van der Waals surface area contributed by atoms with Crippen molar-refractivity contribution in [3.05, 3.63) is 27.7 Å². The molecule has 2 N–H and O–H groups in total. The van der Waals surface area contributed by atoms with Crippen LogP contribution in [-0.2, 0) is 0 Å². The van der Waals surface area contributed by atoms with Gasteiger partial charge in [0.1, 0.15) is 6.54 Å². The van der Waals surface area contributed by atoms with E-state index in [1.807, 2.05) is 0 Å². The largest absolute Gasteiger partial charge is 0.405 e. The average molecular weight is 301 g/mol. The van der Waals surface area contributed by atoms with Crippen LogP contribution in [0.25, 0.3) is 0 Å². The zero-order valence-electron chi connectivity index (χ0n) is 9.16. The Hall–Kier alpha value is -1.14. The van der Waals surface area contributed by atoms with Gasteiger partial charge in [-0.25, -0.2) is 4.79 Å². The summed E-state index contributed by atoms with van der Waals surface area (Å²) in [5, 5.41) is 4.39. The predicted molar refractivity (Wildman–Crippen MR) is 64.3 cm³/mol. The molecule has 8 heteroatoms. The van der Waals surface area contributed by atoms with Gasteiger partial charge in [0.2, 0.25) is 0 Å². The lowest BCUT2D eigenvalue weighted by Crippen LogP contribution is -2.36. The summed E-state index contributed by atoms with van der Waals surface area (Å²) < 4.78 is 35.6. The number of amides is 2. The van der Waals surface area contributed by atoms with Gasteiger partial charge in [-0.1, -0.05) is 23.2 Å². The molecular formula is C10H9Cl2F3N2O. The maximum Gasteiger partial charge on any atom is 0.405 e. The highest BCUT2D eigenvalue weighted by molar-refractivity contribution is 6.36. The monoisotopic (exact) mass is 300 g/mol. The van der Waals surface area contributed by atoms with E-state index in [-0.39, 0.29) is 10.7 Å². The normalized spacial score (nSPS) is 11.2. The minimum absolute atomic E-state index is 0.145. The van der Waals surface area contributed by atoms with Crippen molar-refractivity contribution in [3.8, 4) is 0 Å². The smallest absolute Gasteiger partial charge is 0.329 e. The number of hydrogen-bond donors (Lipinski definition) is 2. The lowest BCUT2D eigenvalue weighted by Gasteiger charge is -2.11. The number of anilines is 1. The van der Waals surface area contributed by atoms with Crippen LogP contribution >= 0.6 is 23.2 Å². The first-order chi connectivity index (χ1) is 8.19. The number of carbonyl (C=O) groups excluding carboxylic acids is 1. The van der Waals surface area contributed by atoms with Crippen LogP contribution in [0.3, 0.4) is 0 Å². The molecule has 18 heavy (non-hydrogen) atoms. The molecule has 0 saturated heterocycles. The van der Waals surface area contributed by atoms with Gasteiger partial charge in [-0.05, 0) is 24.6 Å². The van der Waals surface area contributed by atoms with Crippen molar-refractivity contribution < 1.29 is 18.0 Å². The first-order valence-corrected chi connectivity index (χ1v) is 5.52. The second kappa shape index (κ2) is 5.67. The third-order valence-electron chi connectivity index (χ3n) is 1.95. The zero-order valence-corrected chi connectivity index (χ0v) is 10.7. The molecule has 1 aromatic carbocycles. The highest BCUT2D eigenvalue weighted by Crippen LogP contribution is 2.28. The molecule has 0 radical (unpaired) electrons. The number of alkyl halides is 3. The number of benzene rings is 1. The summed E-state index contributed by atoms with van der Waals surface area (Å²) in [7, 11) is 0. The number of carbonyl (C=O) groups is 1. The molecule has 0 saturated carbocycles. The summed E-state index contributed by atoms with van der Waals surface area (Å²) in [6, 6.07) is 1.87. The Balaban J connectivity index is 2.68. The number of rotatable bonds is 2. The SMILES string of the molecule is Cc1cc(Cl)c(NC(=O)NCC(F)(F)F)cc1Cl. The Labute approximate surface area is 111 Å². The summed E-state index contributed by atoms with van der Waals surface area (Å²) in [5.74, 6) is 0. The lowest BCUT2D eigenvalue weighted by atomic mass is 10.2. The Bertz CT molecular complexity index is 463. The van der Waals surface area contributed by atoms with Gasteiger partial charge in [-0.15, -0.1) is 0 Å². The first-order valence-electron chi connectivity index (χ1n) is 4.76. The average Bonchev–Trinajstić information content (AvgIpc) is 2.22. The van der Waals surface area contributed by atoms with Gasteiger partial charge in [0.25, 0.3) is 0 Å². The van der Waals surface area contributed by atoms with E-state index in [1.54, 1.807) is 12.2 Å². The van der Waals surface area contributed by atoms with E-state index < -0.39 is 18.8 Å². The molecule has 0 unspecified atom stereocenters. The minimum atomic E-state index is -4.47. The van der Waals surface area contributed by atoms with Crippen LogP contribution in [0.15, 0.2) is 12.1 Å². The van der Waals surface area contributed by atoms with Crippen molar-refractivity contribution in [1.29, 1.82) is 0 Å². The van der Waals surface area contributed by atoms with E-state index in [4.69, 9.17) is 23.2 Å². The maximum absolute atomic E-state index is 11.9. The van der Waals surface area contributed by atoms with Gasteiger partial charge >= 0.3 is 12.2 Å². The van der Waals surface area contributed by atoms with Gasteiger partial charge in [0.05, 0.1) is 10.7 Å². The number of halogens is 5. The Morgan fingerprint density at radius 3 is 2.44 bits per heavy atom. The minimum Gasteiger partial charge on any atom is -0.329 e. The van der Waals surface area contributed by atoms with Gasteiger partial charge in [-0.3, -0.25) is 0 Å². The number of nitrogens with one attached hydrogen (secondary N) is 2. The Morgan fingerprint density at radius 1 is 1.28 bits per heavy atom. The number of aryl methyl sites for hydroxylation is 1. The summed E-state index contributed by atoms with van der Waals surface area (Å²) in [4.78, 5) is 11.2. The standard InChI is InChI=1S/C10H9Cl2F3N2O/c1-5-2-7(12)8(3-6(5)11)17-9(18)16-4-10(13,14)15/h2-3H,4H2,1H3,(H2,16,17,18). The van der Waals surface area contributed by atoms with Crippen LogP contribution in [0.2, 0.25) is 10.0 Å². The molecule has 0 heterocycles. The van der Waals surface area contributed by atoms with E-state index >= 15 is 0 Å².